The Balaban J connectivity index is 1.06. The van der Waals surface area contributed by atoms with E-state index in [2.05, 4.69) is 82.0 Å². The van der Waals surface area contributed by atoms with E-state index < -0.39 is 134 Å². The number of anilines is 2. The van der Waals surface area contributed by atoms with E-state index in [1.807, 2.05) is 131 Å². The molecule has 2 aliphatic rings. The van der Waals surface area contributed by atoms with Gasteiger partial charge in [-0.2, -0.15) is 10.5 Å². The zero-order valence-corrected chi connectivity index (χ0v) is 62.0. The van der Waals surface area contributed by atoms with Gasteiger partial charge in [0.15, 0.2) is 63.1 Å². The van der Waals surface area contributed by atoms with Crippen LogP contribution in [0.25, 0.3) is 22.3 Å². The standard InChI is InChI=1S/C71H84N14O13P2Si2/c1-69(2,3)101(7,8)97-59-55(82-71(50-31-20-13-21-32-50,51-33-22-14-23-34-51)52-35-24-15-25-36-52)54(96-67(59)84-45-78-57-61(74-43-76-63(57)84)80-65(86)48-27-16-11-17-28-48)42-93-99(88,92-38-26-37-72)83-56-53(39-47(40-73)41-94-100(89,90)91)95-68(60(56)98-102(9,10)70(4,5)6)85-46-79-58-62(75-44-77-64(58)85)81-66(87)49-29-18-12-19-30-49/h11-25,27-36,43-47,53-56,59-60,67-68,82H,26,38-39,41-42H2,1-10H3,(H,83,88)(H2,89,90,91)(H,74,76,80,86)(H,75,77,81,87)/t47?,53-,54+,55+,56+,59+,60+,67+,68+,99?/m0/s1. The predicted octanol–water partition coefficient (Wildman–Crippen LogP) is 12.3. The Morgan fingerprint density at radius 3 is 1.42 bits per heavy atom. The second-order valence-corrected chi connectivity index (χ2v) is 40.6. The molecular formula is C71H84N14O13P2Si2. The predicted molar refractivity (Wildman–Crippen MR) is 386 cm³/mol. The minimum atomic E-state index is -5.13. The smallest absolute Gasteiger partial charge is 0.408 e. The highest BCUT2D eigenvalue weighted by molar-refractivity contribution is 7.51. The lowest BCUT2D eigenvalue weighted by molar-refractivity contribution is -0.0454. The van der Waals surface area contributed by atoms with E-state index in [9.17, 15) is 34.5 Å². The fourth-order valence-corrected chi connectivity index (χ4v) is 16.6. The summed E-state index contributed by atoms with van der Waals surface area (Å²) in [6.07, 6.45) is -2.00. The van der Waals surface area contributed by atoms with Crippen molar-refractivity contribution in [3.63, 3.8) is 0 Å². The number of phosphoric acid groups is 1. The van der Waals surface area contributed by atoms with Gasteiger partial charge in [-0.1, -0.05) is 169 Å². The quantitative estimate of drug-likeness (QED) is 0.0115. The third kappa shape index (κ3) is 16.5. The van der Waals surface area contributed by atoms with E-state index in [-0.39, 0.29) is 46.8 Å². The number of amides is 2. The third-order valence-corrected chi connectivity index (χ3v) is 30.4. The van der Waals surface area contributed by atoms with Gasteiger partial charge in [0.25, 0.3) is 11.8 Å². The summed E-state index contributed by atoms with van der Waals surface area (Å²) in [5.41, 5.74) is 2.91. The molecule has 6 N–H and O–H groups in total. The molecule has 6 heterocycles. The van der Waals surface area contributed by atoms with Crippen LogP contribution < -0.4 is 21.0 Å². The number of fused-ring (bicyclic) bond motifs is 2. The molecule has 2 unspecified atom stereocenters. The molecule has 9 aromatic rings. The Hall–Kier alpha value is -8.43. The minimum Gasteiger partial charge on any atom is -0.408 e. The van der Waals surface area contributed by atoms with E-state index in [0.29, 0.717) is 11.1 Å². The Morgan fingerprint density at radius 2 is 1.01 bits per heavy atom. The van der Waals surface area contributed by atoms with Gasteiger partial charge in [-0.15, -0.1) is 0 Å². The SMILES string of the molecule is CC(C)(C)[Si](C)(C)O[C@@H]1[C@H](NP(=O)(OCCC#N)OC[C@H]2O[C@@H](n3cnc4c(NC(=O)c5ccccc5)ncnc43)[C@H](O[Si](C)(C)C(C)(C)C)[C@@H]2NC(c2ccccc2)(c2ccccc2)c2ccccc2)[C@H](CC(C#N)COP(=O)(O)O)O[C@H]1n1cnc2c(NC(=O)c3ccccc3)ncnc21. The lowest BCUT2D eigenvalue weighted by atomic mass is 9.76. The van der Waals surface area contributed by atoms with Crippen LogP contribution in [0.1, 0.15) is 104 Å². The lowest BCUT2D eigenvalue weighted by Gasteiger charge is -2.44. The van der Waals surface area contributed by atoms with E-state index in [1.165, 1.54) is 19.0 Å². The minimum absolute atomic E-state index is 0.0721. The van der Waals surface area contributed by atoms with Crippen LogP contribution in [0.15, 0.2) is 177 Å². The Bertz CT molecular complexity index is 4480. The fraction of sp³-hybridized carbons (Fsp3) is 0.380. The number of carbonyl (C=O) groups excluding carboxylic acids is 2. The Kier molecular flexibility index (Phi) is 22.6. The highest BCUT2D eigenvalue weighted by Gasteiger charge is 2.57. The lowest BCUT2D eigenvalue weighted by Crippen LogP contribution is -2.59. The molecule has 2 aliphatic heterocycles. The number of nitrogens with zero attached hydrogens (tertiary/aromatic N) is 10. The second-order valence-electron chi connectivity index (χ2n) is 28.1. The Labute approximate surface area is 593 Å². The van der Waals surface area contributed by atoms with Gasteiger partial charge in [0.05, 0.1) is 80.7 Å². The van der Waals surface area contributed by atoms with Crippen molar-refractivity contribution >= 4 is 78.0 Å². The molecule has 2 saturated heterocycles. The maximum atomic E-state index is 16.7. The van der Waals surface area contributed by atoms with E-state index in [0.717, 1.165) is 16.7 Å². The molecule has 0 aliphatic carbocycles. The fourth-order valence-electron chi connectivity index (χ4n) is 12.0. The van der Waals surface area contributed by atoms with Gasteiger partial charge in [-0.25, -0.2) is 44.1 Å². The van der Waals surface area contributed by atoms with E-state index in [1.54, 1.807) is 70.1 Å². The highest BCUT2D eigenvalue weighted by atomic mass is 31.2. The van der Waals surface area contributed by atoms with Crippen molar-refractivity contribution in [2.45, 2.75) is 145 Å². The normalized spacial score (nSPS) is 20.7. The first-order valence-electron chi connectivity index (χ1n) is 33.4. The van der Waals surface area contributed by atoms with Gasteiger partial charge in [0, 0.05) is 11.1 Å². The van der Waals surface area contributed by atoms with E-state index >= 15 is 4.57 Å². The van der Waals surface area contributed by atoms with Crippen molar-refractivity contribution in [1.29, 1.82) is 10.5 Å². The molecule has 2 amide bonds. The average Bonchev–Trinajstić information content (AvgIpc) is 1.53. The molecule has 5 aromatic carbocycles. The summed E-state index contributed by atoms with van der Waals surface area (Å²) in [5.74, 6) is -1.96. The number of rotatable bonds is 28. The maximum absolute atomic E-state index is 16.7. The second kappa shape index (κ2) is 30.9. The number of hydrogen-bond acceptors (Lipinski definition) is 20. The van der Waals surface area contributed by atoms with Crippen LogP contribution in [0.2, 0.25) is 36.3 Å². The van der Waals surface area contributed by atoms with Crippen molar-refractivity contribution in [3.05, 3.63) is 205 Å². The van der Waals surface area contributed by atoms with Crippen LogP contribution in [0.5, 0.6) is 0 Å². The molecule has 102 heavy (non-hydrogen) atoms. The Morgan fingerprint density at radius 1 is 0.588 bits per heavy atom. The summed E-state index contributed by atoms with van der Waals surface area (Å²) >= 11 is 0. The van der Waals surface area contributed by atoms with Crippen LogP contribution >= 0.6 is 15.6 Å². The van der Waals surface area contributed by atoms with Crippen LogP contribution in [-0.4, -0.2) is 134 Å². The van der Waals surface area contributed by atoms with E-state index in [4.69, 9.17) is 46.8 Å². The third-order valence-electron chi connectivity index (χ3n) is 19.3. The molecule has 2 fully saturated rings. The molecule has 0 bridgehead atoms. The summed E-state index contributed by atoms with van der Waals surface area (Å²) in [6.45, 7) is 19.0. The van der Waals surface area contributed by atoms with Gasteiger partial charge < -0.3 is 38.7 Å². The van der Waals surface area contributed by atoms with Gasteiger partial charge in [0.2, 0.25) is 0 Å². The zero-order valence-electron chi connectivity index (χ0n) is 58.2. The maximum Gasteiger partial charge on any atom is 0.469 e. The number of aromatic nitrogens is 8. The molecule has 31 heteroatoms. The summed E-state index contributed by atoms with van der Waals surface area (Å²) < 4.78 is 80.3. The molecule has 0 saturated carbocycles. The summed E-state index contributed by atoms with van der Waals surface area (Å²) in [7, 11) is -16.0. The number of ether oxygens (including phenoxy) is 2. The zero-order chi connectivity index (χ0) is 72.8. The summed E-state index contributed by atoms with van der Waals surface area (Å²) in [4.78, 5) is 75.1. The number of hydrogen-bond donors (Lipinski definition) is 6. The number of nitriles is 2. The molecule has 10 atom stereocenters. The number of nitrogens with one attached hydrogen (secondary N) is 4. The summed E-state index contributed by atoms with van der Waals surface area (Å²) in [6, 6.07) is 49.0. The molecule has 0 radical (unpaired) electrons. The first kappa shape index (κ1) is 74.8. The topological polar surface area (TPSA) is 356 Å². The van der Waals surface area contributed by atoms with Crippen molar-refractivity contribution < 1.29 is 60.4 Å². The first-order valence-corrected chi connectivity index (χ1v) is 42.2. The molecule has 11 rings (SSSR count). The molecule has 0 spiro atoms. The number of phosphoric ester groups is 1. The van der Waals surface area contributed by atoms with Crippen molar-refractivity contribution in [2.24, 2.45) is 5.92 Å². The average molecular weight is 1460 g/mol. The van der Waals surface area contributed by atoms with Gasteiger partial charge in [-0.3, -0.25) is 37.6 Å². The van der Waals surface area contributed by atoms with Crippen LogP contribution in [0.4, 0.5) is 11.6 Å². The molecular weight excluding hydrogens is 1370 g/mol. The monoisotopic (exact) mass is 1460 g/mol. The van der Waals surface area contributed by atoms with Crippen molar-refractivity contribution in [1.82, 2.24) is 49.4 Å². The van der Waals surface area contributed by atoms with Gasteiger partial charge in [-0.05, 0) is 83.6 Å². The molecule has 4 aromatic heterocycles. The largest absolute Gasteiger partial charge is 0.469 e. The van der Waals surface area contributed by atoms with Crippen molar-refractivity contribution in [2.75, 3.05) is 30.5 Å². The number of imidazole rings is 2. The van der Waals surface area contributed by atoms with Gasteiger partial charge >= 0.3 is 15.6 Å². The van der Waals surface area contributed by atoms with Crippen LogP contribution in [0, 0.1) is 28.6 Å². The van der Waals surface area contributed by atoms with Gasteiger partial charge in [0.1, 0.15) is 31.0 Å². The molecule has 534 valence electrons. The van der Waals surface area contributed by atoms with Crippen LogP contribution in [0.3, 0.4) is 0 Å². The van der Waals surface area contributed by atoms with Crippen LogP contribution in [-0.2, 0) is 46.6 Å². The number of carbonyl (C=O) groups is 2. The highest BCUT2D eigenvalue weighted by Crippen LogP contribution is 2.53. The molecule has 27 nitrogen and oxygen atoms in total. The summed E-state index contributed by atoms with van der Waals surface area (Å²) in [5, 5.41) is 33.1. The number of benzene rings is 5. The first-order chi connectivity index (χ1) is 48.5. The van der Waals surface area contributed by atoms with Crippen molar-refractivity contribution in [3.8, 4) is 12.1 Å².